The first-order valence-electron chi connectivity index (χ1n) is 5.33. The van der Waals surface area contributed by atoms with Crippen molar-refractivity contribution in [3.05, 3.63) is 28.5 Å². The van der Waals surface area contributed by atoms with E-state index < -0.39 is 0 Å². The second-order valence-electron chi connectivity index (χ2n) is 3.82. The fourth-order valence-corrected chi connectivity index (χ4v) is 2.17. The van der Waals surface area contributed by atoms with Gasteiger partial charge in [-0.25, -0.2) is 0 Å². The standard InChI is InChI=1S/C11H14BrN3O/c12-10-5-9(7-14-8-10)6-11(16)15-3-1-13-2-4-15/h5,7-8,13H,1-4,6H2. The molecule has 0 bridgehead atoms. The minimum absolute atomic E-state index is 0.182. The Bertz CT molecular complexity index is 377. The molecule has 86 valence electrons. The molecule has 0 aliphatic carbocycles. The fraction of sp³-hybridized carbons (Fsp3) is 0.455. The number of hydrogen-bond donors (Lipinski definition) is 1. The number of piperazine rings is 1. The second-order valence-corrected chi connectivity index (χ2v) is 4.73. The monoisotopic (exact) mass is 283 g/mol. The van der Waals surface area contributed by atoms with Crippen molar-refractivity contribution in [3.8, 4) is 0 Å². The van der Waals surface area contributed by atoms with Gasteiger partial charge < -0.3 is 10.2 Å². The molecule has 1 saturated heterocycles. The van der Waals surface area contributed by atoms with Gasteiger partial charge in [0.2, 0.25) is 5.91 Å². The van der Waals surface area contributed by atoms with Gasteiger partial charge in [0.05, 0.1) is 6.42 Å². The third-order valence-corrected chi connectivity index (χ3v) is 3.02. The highest BCUT2D eigenvalue weighted by Gasteiger charge is 2.16. The highest BCUT2D eigenvalue weighted by atomic mass is 79.9. The number of carbonyl (C=O) groups excluding carboxylic acids is 1. The number of carbonyl (C=O) groups is 1. The number of nitrogens with one attached hydrogen (secondary N) is 1. The van der Waals surface area contributed by atoms with Crippen LogP contribution in [-0.2, 0) is 11.2 Å². The lowest BCUT2D eigenvalue weighted by Gasteiger charge is -2.27. The summed E-state index contributed by atoms with van der Waals surface area (Å²) in [5, 5.41) is 3.23. The third kappa shape index (κ3) is 3.02. The maximum Gasteiger partial charge on any atom is 0.227 e. The normalized spacial score (nSPS) is 16.2. The van der Waals surface area contributed by atoms with Gasteiger partial charge in [-0.15, -0.1) is 0 Å². The zero-order valence-electron chi connectivity index (χ0n) is 8.95. The SMILES string of the molecule is O=C(Cc1cncc(Br)c1)N1CCNCC1. The summed E-state index contributed by atoms with van der Waals surface area (Å²) in [6.45, 7) is 3.39. The minimum Gasteiger partial charge on any atom is -0.340 e. The average Bonchev–Trinajstić information content (AvgIpc) is 2.30. The molecular formula is C11H14BrN3O. The van der Waals surface area contributed by atoms with Gasteiger partial charge in [0, 0.05) is 43.0 Å². The number of nitrogens with zero attached hydrogens (tertiary/aromatic N) is 2. The van der Waals surface area contributed by atoms with E-state index in [0.29, 0.717) is 6.42 Å². The molecule has 2 rings (SSSR count). The number of pyridine rings is 1. The van der Waals surface area contributed by atoms with Crippen LogP contribution in [0.4, 0.5) is 0 Å². The van der Waals surface area contributed by atoms with Gasteiger partial charge in [-0.1, -0.05) is 0 Å². The van der Waals surface area contributed by atoms with Crippen molar-refractivity contribution in [1.29, 1.82) is 0 Å². The number of hydrogen-bond acceptors (Lipinski definition) is 3. The highest BCUT2D eigenvalue weighted by Crippen LogP contribution is 2.11. The van der Waals surface area contributed by atoms with E-state index in [1.54, 1.807) is 12.4 Å². The minimum atomic E-state index is 0.182. The van der Waals surface area contributed by atoms with Crippen LogP contribution in [0.1, 0.15) is 5.56 Å². The average molecular weight is 284 g/mol. The molecule has 1 aromatic rings. The summed E-state index contributed by atoms with van der Waals surface area (Å²) in [6.07, 6.45) is 3.90. The first-order valence-corrected chi connectivity index (χ1v) is 6.13. The van der Waals surface area contributed by atoms with E-state index >= 15 is 0 Å². The Balaban J connectivity index is 1.96. The van der Waals surface area contributed by atoms with Crippen molar-refractivity contribution < 1.29 is 4.79 Å². The molecular weight excluding hydrogens is 270 g/mol. The van der Waals surface area contributed by atoms with E-state index in [9.17, 15) is 4.79 Å². The van der Waals surface area contributed by atoms with E-state index in [1.165, 1.54) is 0 Å². The molecule has 1 amide bonds. The van der Waals surface area contributed by atoms with Crippen molar-refractivity contribution >= 4 is 21.8 Å². The Hall–Kier alpha value is -0.940. The maximum atomic E-state index is 11.9. The molecule has 1 aliphatic rings. The summed E-state index contributed by atoms with van der Waals surface area (Å²) < 4.78 is 0.915. The molecule has 0 atom stereocenters. The van der Waals surface area contributed by atoms with Crippen LogP contribution < -0.4 is 5.32 Å². The van der Waals surface area contributed by atoms with Crippen molar-refractivity contribution in [2.75, 3.05) is 26.2 Å². The van der Waals surface area contributed by atoms with Crippen molar-refractivity contribution in [2.45, 2.75) is 6.42 Å². The first kappa shape index (κ1) is 11.5. The topological polar surface area (TPSA) is 45.2 Å². The van der Waals surface area contributed by atoms with Crippen LogP contribution in [0.3, 0.4) is 0 Å². The summed E-state index contributed by atoms with van der Waals surface area (Å²) in [4.78, 5) is 17.9. The van der Waals surface area contributed by atoms with Crippen LogP contribution in [-0.4, -0.2) is 42.0 Å². The van der Waals surface area contributed by atoms with Crippen LogP contribution in [0, 0.1) is 0 Å². The summed E-state index contributed by atoms with van der Waals surface area (Å²) in [5.74, 6) is 0.182. The molecule has 1 aromatic heterocycles. The van der Waals surface area contributed by atoms with Gasteiger partial charge in [0.25, 0.3) is 0 Å². The van der Waals surface area contributed by atoms with E-state index in [2.05, 4.69) is 26.2 Å². The van der Waals surface area contributed by atoms with Gasteiger partial charge in [-0.05, 0) is 27.6 Å². The largest absolute Gasteiger partial charge is 0.340 e. The van der Waals surface area contributed by atoms with Crippen LogP contribution in [0.25, 0.3) is 0 Å². The Morgan fingerprint density at radius 2 is 2.19 bits per heavy atom. The molecule has 16 heavy (non-hydrogen) atoms. The van der Waals surface area contributed by atoms with Crippen LogP contribution in [0.2, 0.25) is 0 Å². The van der Waals surface area contributed by atoms with Gasteiger partial charge in [0.1, 0.15) is 0 Å². The summed E-state index contributed by atoms with van der Waals surface area (Å²) >= 11 is 3.35. The summed E-state index contributed by atoms with van der Waals surface area (Å²) in [7, 11) is 0. The molecule has 4 nitrogen and oxygen atoms in total. The number of rotatable bonds is 2. The summed E-state index contributed by atoms with van der Waals surface area (Å²) in [5.41, 5.74) is 0.956. The molecule has 1 N–H and O–H groups in total. The molecule has 0 unspecified atom stereocenters. The lowest BCUT2D eigenvalue weighted by atomic mass is 10.2. The first-order chi connectivity index (χ1) is 7.75. The van der Waals surface area contributed by atoms with Gasteiger partial charge >= 0.3 is 0 Å². The Morgan fingerprint density at radius 3 is 2.88 bits per heavy atom. The van der Waals surface area contributed by atoms with Crippen LogP contribution in [0.5, 0.6) is 0 Å². The maximum absolute atomic E-state index is 11.9. The molecule has 2 heterocycles. The zero-order chi connectivity index (χ0) is 11.4. The molecule has 0 saturated carbocycles. The van der Waals surface area contributed by atoms with E-state index in [0.717, 1.165) is 36.2 Å². The summed E-state index contributed by atoms with van der Waals surface area (Å²) in [6, 6.07) is 1.94. The zero-order valence-corrected chi connectivity index (χ0v) is 10.5. The third-order valence-electron chi connectivity index (χ3n) is 2.59. The molecule has 1 aliphatic heterocycles. The van der Waals surface area contributed by atoms with Gasteiger partial charge in [-0.2, -0.15) is 0 Å². The number of halogens is 1. The van der Waals surface area contributed by atoms with E-state index in [-0.39, 0.29) is 5.91 Å². The quantitative estimate of drug-likeness (QED) is 0.874. The van der Waals surface area contributed by atoms with Gasteiger partial charge in [0.15, 0.2) is 0 Å². The van der Waals surface area contributed by atoms with Crippen molar-refractivity contribution in [3.63, 3.8) is 0 Å². The van der Waals surface area contributed by atoms with Gasteiger partial charge in [-0.3, -0.25) is 9.78 Å². The number of aromatic nitrogens is 1. The molecule has 0 spiro atoms. The predicted octanol–water partition coefficient (Wildman–Crippen LogP) is 0.818. The van der Waals surface area contributed by atoms with E-state index in [1.807, 2.05) is 11.0 Å². The second kappa shape index (κ2) is 5.41. The smallest absolute Gasteiger partial charge is 0.227 e. The van der Waals surface area contributed by atoms with Crippen molar-refractivity contribution in [2.24, 2.45) is 0 Å². The Morgan fingerprint density at radius 1 is 1.44 bits per heavy atom. The van der Waals surface area contributed by atoms with Crippen LogP contribution >= 0.6 is 15.9 Å². The molecule has 1 fully saturated rings. The highest BCUT2D eigenvalue weighted by molar-refractivity contribution is 9.10. The Labute approximate surface area is 103 Å². The molecule has 0 radical (unpaired) electrons. The lowest BCUT2D eigenvalue weighted by Crippen LogP contribution is -2.46. The van der Waals surface area contributed by atoms with Crippen LogP contribution in [0.15, 0.2) is 22.9 Å². The fourth-order valence-electron chi connectivity index (χ4n) is 1.75. The predicted molar refractivity (Wildman–Crippen MR) is 65.1 cm³/mol. The molecule has 5 heteroatoms. The lowest BCUT2D eigenvalue weighted by molar-refractivity contribution is -0.131. The van der Waals surface area contributed by atoms with Crippen molar-refractivity contribution in [1.82, 2.24) is 15.2 Å². The number of amides is 1. The van der Waals surface area contributed by atoms with E-state index in [4.69, 9.17) is 0 Å². The Kier molecular flexibility index (Phi) is 3.90. The molecule has 0 aromatic carbocycles.